The highest BCUT2D eigenvalue weighted by Crippen LogP contribution is 2.58. The van der Waals surface area contributed by atoms with Gasteiger partial charge in [-0.3, -0.25) is 0 Å². The average molecular weight is 1180 g/mol. The number of aliphatic hydroxyl groups is 2. The second-order valence-electron chi connectivity index (χ2n) is 27.4. The van der Waals surface area contributed by atoms with Crippen LogP contribution < -0.4 is 18.9 Å². The van der Waals surface area contributed by atoms with E-state index in [4.69, 9.17) is 18.9 Å². The highest BCUT2D eigenvalue weighted by molar-refractivity contribution is 5.48. The number of aliphatic hydroxyl groups excluding tert-OH is 2. The molecule has 4 heterocycles. The zero-order valence-corrected chi connectivity index (χ0v) is 52.3. The SMILES string of the molecule is Cc1ccc([C@H]2Oc3ccc(C)cc3[C@H]3C[C@@H](F)C[C@H]32)cc1.Cc1ccc([C@H]2Oc3ccc(C)cc3[C@H]3C[C@@H](O)C[C@H]32)cc1.Cc1ccc([C@H]2Oc3ccc(C)cc3[C@H]3C[C@H](F)C[C@H]32)cc1.Cc1ccc([C@H]2Oc3ccc(C)cc3[C@H]3C[C@H](O)C[C@H]32)cc1. The zero-order valence-electron chi connectivity index (χ0n) is 52.3. The summed E-state index contributed by atoms with van der Waals surface area (Å²) in [6.45, 7) is 16.8. The van der Waals surface area contributed by atoms with E-state index in [0.29, 0.717) is 49.4 Å². The van der Waals surface area contributed by atoms with Crippen LogP contribution in [0, 0.1) is 79.1 Å². The summed E-state index contributed by atoms with van der Waals surface area (Å²) in [6.07, 6.45) is 4.06. The summed E-state index contributed by atoms with van der Waals surface area (Å²) in [5.41, 5.74) is 19.7. The maximum atomic E-state index is 14.1. The van der Waals surface area contributed by atoms with Crippen LogP contribution in [0.4, 0.5) is 8.78 Å². The van der Waals surface area contributed by atoms with Gasteiger partial charge in [-0.1, -0.05) is 190 Å². The van der Waals surface area contributed by atoms with E-state index in [0.717, 1.165) is 48.7 Å². The van der Waals surface area contributed by atoms with Crippen molar-refractivity contribution in [3.8, 4) is 23.0 Å². The van der Waals surface area contributed by atoms with E-state index in [1.54, 1.807) is 0 Å². The number of rotatable bonds is 4. The number of hydrogen-bond acceptors (Lipinski definition) is 6. The third-order valence-electron chi connectivity index (χ3n) is 20.7. The van der Waals surface area contributed by atoms with Crippen molar-refractivity contribution in [2.24, 2.45) is 23.7 Å². The molecule has 456 valence electrons. The van der Waals surface area contributed by atoms with Gasteiger partial charge in [-0.25, -0.2) is 8.78 Å². The van der Waals surface area contributed by atoms with E-state index in [-0.39, 0.29) is 60.3 Å². The smallest absolute Gasteiger partial charge is 0.127 e. The van der Waals surface area contributed by atoms with Gasteiger partial charge in [0.15, 0.2) is 0 Å². The van der Waals surface area contributed by atoms with Crippen LogP contribution in [0.3, 0.4) is 0 Å². The summed E-state index contributed by atoms with van der Waals surface area (Å²) in [4.78, 5) is 0. The molecular weight excluding hydrogens is 1090 g/mol. The minimum absolute atomic E-state index is 0.0263. The number of alkyl halides is 2. The van der Waals surface area contributed by atoms with Gasteiger partial charge in [-0.05, 0) is 199 Å². The number of aryl methyl sites for hydroxylation is 8. The Bertz CT molecular complexity index is 3260. The first-order chi connectivity index (χ1) is 42.5. The molecule has 0 amide bonds. The molecule has 0 radical (unpaired) electrons. The van der Waals surface area contributed by atoms with Crippen molar-refractivity contribution in [1.29, 1.82) is 0 Å². The average Bonchev–Trinajstić information content (AvgIpc) is 2.17. The van der Waals surface area contributed by atoms with Crippen molar-refractivity contribution in [2.45, 2.75) is 179 Å². The summed E-state index contributed by atoms with van der Waals surface area (Å²) in [6, 6.07) is 59.7. The van der Waals surface area contributed by atoms with Crippen LogP contribution in [0.1, 0.15) is 188 Å². The summed E-state index contributed by atoms with van der Waals surface area (Å²) < 4.78 is 53.6. The highest BCUT2D eigenvalue weighted by Gasteiger charge is 2.49. The molecule has 88 heavy (non-hydrogen) atoms. The van der Waals surface area contributed by atoms with Gasteiger partial charge in [-0.2, -0.15) is 0 Å². The molecule has 8 aromatic rings. The van der Waals surface area contributed by atoms with Crippen LogP contribution >= 0.6 is 0 Å². The Morgan fingerprint density at radius 2 is 0.489 bits per heavy atom. The van der Waals surface area contributed by atoms with Crippen LogP contribution in [-0.4, -0.2) is 34.8 Å². The van der Waals surface area contributed by atoms with E-state index in [1.807, 2.05) is 12.1 Å². The van der Waals surface area contributed by atoms with Crippen molar-refractivity contribution in [2.75, 3.05) is 0 Å². The number of benzene rings is 8. The topological polar surface area (TPSA) is 77.4 Å². The van der Waals surface area contributed by atoms with E-state index in [9.17, 15) is 19.0 Å². The maximum Gasteiger partial charge on any atom is 0.127 e. The molecule has 16 atom stereocenters. The van der Waals surface area contributed by atoms with Gasteiger partial charge in [0.2, 0.25) is 0 Å². The van der Waals surface area contributed by atoms with Crippen molar-refractivity contribution in [3.05, 3.63) is 259 Å². The molecule has 4 aliphatic heterocycles. The lowest BCUT2D eigenvalue weighted by Crippen LogP contribution is -2.26. The molecule has 0 aromatic heterocycles. The molecule has 8 heteroatoms. The zero-order chi connectivity index (χ0) is 61.1. The van der Waals surface area contributed by atoms with Crippen molar-refractivity contribution < 1.29 is 37.9 Å². The van der Waals surface area contributed by atoms with Crippen LogP contribution in [-0.2, 0) is 0 Å². The van der Waals surface area contributed by atoms with E-state index >= 15 is 0 Å². The molecule has 0 bridgehead atoms. The molecule has 2 N–H and O–H groups in total. The Morgan fingerprint density at radius 1 is 0.273 bits per heavy atom. The summed E-state index contributed by atoms with van der Waals surface area (Å²) in [5.74, 6) is 6.46. The normalized spacial score (nSPS) is 29.6. The van der Waals surface area contributed by atoms with E-state index in [2.05, 4.69) is 213 Å². The second kappa shape index (κ2) is 25.0. The van der Waals surface area contributed by atoms with Gasteiger partial charge in [0, 0.05) is 23.7 Å². The largest absolute Gasteiger partial charge is 0.485 e. The Balaban J connectivity index is 0.000000108. The number of hydrogen-bond donors (Lipinski definition) is 2. The minimum atomic E-state index is -0.710. The fraction of sp³-hybridized carbons (Fsp3) is 0.400. The monoisotopic (exact) mass is 1180 g/mol. The minimum Gasteiger partial charge on any atom is -0.485 e. The fourth-order valence-corrected chi connectivity index (χ4v) is 16.3. The lowest BCUT2D eigenvalue weighted by atomic mass is 9.79. The lowest BCUT2D eigenvalue weighted by molar-refractivity contribution is 0.0962. The van der Waals surface area contributed by atoms with E-state index < -0.39 is 12.3 Å². The third-order valence-corrected chi connectivity index (χ3v) is 20.7. The van der Waals surface area contributed by atoms with Crippen molar-refractivity contribution >= 4 is 0 Å². The van der Waals surface area contributed by atoms with Crippen LogP contribution in [0.15, 0.2) is 170 Å². The van der Waals surface area contributed by atoms with Gasteiger partial charge < -0.3 is 29.2 Å². The molecule has 8 aromatic carbocycles. The summed E-state index contributed by atoms with van der Waals surface area (Å²) >= 11 is 0. The van der Waals surface area contributed by atoms with Gasteiger partial charge in [-0.15, -0.1) is 0 Å². The molecule has 16 rings (SSSR count). The number of halogens is 2. The molecule has 6 nitrogen and oxygen atoms in total. The Morgan fingerprint density at radius 3 is 0.739 bits per heavy atom. The Labute approximate surface area is 520 Å². The summed E-state index contributed by atoms with van der Waals surface area (Å²) in [5, 5.41) is 20.4. The molecule has 4 aliphatic carbocycles. The van der Waals surface area contributed by atoms with Gasteiger partial charge >= 0.3 is 0 Å². The van der Waals surface area contributed by atoms with Gasteiger partial charge in [0.1, 0.15) is 59.8 Å². The molecule has 4 saturated carbocycles. The predicted octanol–water partition coefficient (Wildman–Crippen LogP) is 19.1. The van der Waals surface area contributed by atoms with Crippen LogP contribution in [0.5, 0.6) is 23.0 Å². The molecule has 0 saturated heterocycles. The molecule has 0 unspecified atom stereocenters. The van der Waals surface area contributed by atoms with Crippen LogP contribution in [0.2, 0.25) is 0 Å². The van der Waals surface area contributed by atoms with Crippen molar-refractivity contribution in [1.82, 2.24) is 0 Å². The lowest BCUT2D eigenvalue weighted by Gasteiger charge is -2.36. The van der Waals surface area contributed by atoms with Crippen molar-refractivity contribution in [3.63, 3.8) is 0 Å². The fourth-order valence-electron chi connectivity index (χ4n) is 16.3. The third kappa shape index (κ3) is 12.3. The second-order valence-corrected chi connectivity index (χ2v) is 27.4. The highest BCUT2D eigenvalue weighted by atomic mass is 19.1. The predicted molar refractivity (Wildman–Crippen MR) is 347 cm³/mol. The Hall–Kier alpha value is -7.26. The Kier molecular flexibility index (Phi) is 16.9. The quantitative estimate of drug-likeness (QED) is 0.183. The van der Waals surface area contributed by atoms with Gasteiger partial charge in [0.25, 0.3) is 0 Å². The first-order valence-electron chi connectivity index (χ1n) is 32.5. The molecular formula is C80H86F2O6. The molecule has 8 aliphatic rings. The number of fused-ring (bicyclic) bond motifs is 12. The first-order valence-corrected chi connectivity index (χ1v) is 32.5. The molecule has 4 fully saturated rings. The standard InChI is InChI=1S/2C20H21FO.2C20H22O2/c4*1-12-3-6-14(7-4-12)20-18-11-15(21)10-16(18)17-9-13(2)5-8-19(17)22-20/h2*3-9,15-16,18,20H,10-11H2,1-2H3;2*3-9,15-16,18,20-21H,10-11H2,1-2H3/t15-,16+,18+,20+;15-,16-,18-,20-;15-,16+,18+,20+;15-,16-,18-,20-/m0101/s1. The first kappa shape index (κ1) is 59.7. The van der Waals surface area contributed by atoms with Crippen LogP contribution in [0.25, 0.3) is 0 Å². The van der Waals surface area contributed by atoms with E-state index in [1.165, 1.54) is 89.0 Å². The summed E-state index contributed by atoms with van der Waals surface area (Å²) in [7, 11) is 0. The molecule has 0 spiro atoms. The maximum absolute atomic E-state index is 14.1. The number of ether oxygens (including phenoxy) is 4. The van der Waals surface area contributed by atoms with Gasteiger partial charge in [0.05, 0.1) is 12.2 Å².